The first-order valence-corrected chi connectivity index (χ1v) is 8.85. The molecule has 0 N–H and O–H groups in total. The number of nitrogens with zero attached hydrogens (tertiary/aromatic N) is 4. The van der Waals surface area contributed by atoms with E-state index in [4.69, 9.17) is 0 Å². The van der Waals surface area contributed by atoms with Crippen LogP contribution in [0.4, 0.5) is 13.2 Å². The van der Waals surface area contributed by atoms with Crippen LogP contribution in [-0.2, 0) is 11.3 Å². The van der Waals surface area contributed by atoms with Crippen LogP contribution in [0, 0.1) is 5.82 Å². The van der Waals surface area contributed by atoms with E-state index in [0.29, 0.717) is 22.2 Å². The average molecular weight is 390 g/mol. The maximum atomic E-state index is 13.7. The molecule has 3 aromatic rings. The number of benzene rings is 1. The number of pyridine rings is 1. The summed E-state index contributed by atoms with van der Waals surface area (Å²) in [4.78, 5) is 18.5. The van der Waals surface area contributed by atoms with Gasteiger partial charge >= 0.3 is 6.61 Å². The lowest BCUT2D eigenvalue weighted by Gasteiger charge is -2.15. The largest absolute Gasteiger partial charge is 0.432 e. The molecular formula is C19H17F3N4O2. The lowest BCUT2D eigenvalue weighted by Crippen LogP contribution is -2.31. The molecule has 6 nitrogen and oxygen atoms in total. The van der Waals surface area contributed by atoms with E-state index in [1.54, 1.807) is 21.8 Å². The van der Waals surface area contributed by atoms with Crippen LogP contribution >= 0.6 is 0 Å². The van der Waals surface area contributed by atoms with Crippen molar-refractivity contribution in [2.24, 2.45) is 0 Å². The van der Waals surface area contributed by atoms with Crippen molar-refractivity contribution in [1.29, 1.82) is 0 Å². The summed E-state index contributed by atoms with van der Waals surface area (Å²) in [6.45, 7) is -1.52. The first-order valence-electron chi connectivity index (χ1n) is 8.85. The molecule has 0 unspecified atom stereocenters. The second-order valence-corrected chi connectivity index (χ2v) is 6.54. The van der Waals surface area contributed by atoms with Crippen molar-refractivity contribution in [2.45, 2.75) is 26.0 Å². The highest BCUT2D eigenvalue weighted by Crippen LogP contribution is 2.29. The first kappa shape index (κ1) is 18.3. The van der Waals surface area contributed by atoms with Crippen LogP contribution in [0.1, 0.15) is 12.8 Å². The number of hydrogen-bond donors (Lipinski definition) is 0. The fourth-order valence-corrected chi connectivity index (χ4v) is 3.30. The van der Waals surface area contributed by atoms with Crippen LogP contribution in [0.15, 0.2) is 36.7 Å². The summed E-state index contributed by atoms with van der Waals surface area (Å²) in [7, 11) is 0. The zero-order valence-electron chi connectivity index (χ0n) is 14.8. The van der Waals surface area contributed by atoms with E-state index in [1.807, 2.05) is 0 Å². The standard InChI is InChI=1S/C19H17F3N4O2/c20-14-4-3-12(8-17(14)28-19(21)22)13-7-16-15(23-9-13)10-24-26(16)11-18(27)25-5-1-2-6-25/h3-4,7-10,19H,1-2,5-6,11H2. The molecule has 0 aliphatic carbocycles. The van der Waals surface area contributed by atoms with Gasteiger partial charge in [0.1, 0.15) is 12.1 Å². The molecule has 0 spiro atoms. The molecule has 1 aliphatic rings. The van der Waals surface area contributed by atoms with Gasteiger partial charge in [-0.15, -0.1) is 0 Å². The van der Waals surface area contributed by atoms with Crippen LogP contribution in [0.3, 0.4) is 0 Å². The molecule has 4 rings (SSSR count). The van der Waals surface area contributed by atoms with Crippen molar-refractivity contribution in [3.8, 4) is 16.9 Å². The summed E-state index contributed by atoms with van der Waals surface area (Å²) in [6, 6.07) is 5.45. The van der Waals surface area contributed by atoms with Crippen molar-refractivity contribution in [2.75, 3.05) is 13.1 Å². The molecule has 146 valence electrons. The summed E-state index contributed by atoms with van der Waals surface area (Å²) in [5, 5.41) is 4.24. The molecular weight excluding hydrogens is 373 g/mol. The number of aromatic nitrogens is 3. The fourth-order valence-electron chi connectivity index (χ4n) is 3.30. The molecule has 1 aliphatic heterocycles. The van der Waals surface area contributed by atoms with E-state index in [1.165, 1.54) is 18.3 Å². The van der Waals surface area contributed by atoms with E-state index in [0.717, 1.165) is 32.0 Å². The SMILES string of the molecule is O=C(Cn1ncc2ncc(-c3ccc(F)c(OC(F)F)c3)cc21)N1CCCC1. The Morgan fingerprint density at radius 3 is 2.68 bits per heavy atom. The van der Waals surface area contributed by atoms with Gasteiger partial charge in [0.05, 0.1) is 11.7 Å². The van der Waals surface area contributed by atoms with Crippen LogP contribution in [0.5, 0.6) is 5.75 Å². The monoisotopic (exact) mass is 390 g/mol. The van der Waals surface area contributed by atoms with E-state index in [-0.39, 0.29) is 12.5 Å². The van der Waals surface area contributed by atoms with Gasteiger partial charge in [-0.2, -0.15) is 13.9 Å². The Morgan fingerprint density at radius 2 is 1.93 bits per heavy atom. The maximum absolute atomic E-state index is 13.7. The molecule has 0 bridgehead atoms. The smallest absolute Gasteiger partial charge is 0.387 e. The number of halogens is 3. The molecule has 1 amide bonds. The fraction of sp³-hybridized carbons (Fsp3) is 0.316. The zero-order valence-corrected chi connectivity index (χ0v) is 14.8. The molecule has 1 saturated heterocycles. The summed E-state index contributed by atoms with van der Waals surface area (Å²) < 4.78 is 44.4. The molecule has 0 saturated carbocycles. The average Bonchev–Trinajstić information content (AvgIpc) is 3.33. The number of amides is 1. The highest BCUT2D eigenvalue weighted by atomic mass is 19.3. The Labute approximate surface area is 158 Å². The lowest BCUT2D eigenvalue weighted by atomic mass is 10.1. The molecule has 1 aromatic carbocycles. The lowest BCUT2D eigenvalue weighted by molar-refractivity contribution is -0.130. The number of carbonyl (C=O) groups is 1. The van der Waals surface area contributed by atoms with Crippen molar-refractivity contribution < 1.29 is 22.7 Å². The van der Waals surface area contributed by atoms with Gasteiger partial charge in [-0.3, -0.25) is 14.5 Å². The van der Waals surface area contributed by atoms with Gasteiger partial charge in [0.25, 0.3) is 0 Å². The second kappa shape index (κ2) is 7.49. The normalized spacial score (nSPS) is 14.2. The molecule has 2 aromatic heterocycles. The van der Waals surface area contributed by atoms with Crippen molar-refractivity contribution in [1.82, 2.24) is 19.7 Å². The Bertz CT molecular complexity index is 1020. The van der Waals surface area contributed by atoms with E-state index in [9.17, 15) is 18.0 Å². The number of ether oxygens (including phenoxy) is 1. The van der Waals surface area contributed by atoms with Gasteiger partial charge in [-0.1, -0.05) is 6.07 Å². The minimum atomic E-state index is -3.12. The molecule has 0 atom stereocenters. The Balaban J connectivity index is 1.65. The predicted molar refractivity (Wildman–Crippen MR) is 95.4 cm³/mol. The zero-order chi connectivity index (χ0) is 19.7. The predicted octanol–water partition coefficient (Wildman–Crippen LogP) is 3.46. The Morgan fingerprint density at radius 1 is 1.14 bits per heavy atom. The van der Waals surface area contributed by atoms with Crippen LogP contribution in [-0.4, -0.2) is 45.3 Å². The highest BCUT2D eigenvalue weighted by Gasteiger charge is 2.19. The number of rotatable bonds is 5. The number of fused-ring (bicyclic) bond motifs is 1. The van der Waals surface area contributed by atoms with Gasteiger partial charge < -0.3 is 9.64 Å². The molecule has 3 heterocycles. The van der Waals surface area contributed by atoms with Crippen LogP contribution in [0.25, 0.3) is 22.2 Å². The minimum absolute atomic E-state index is 0.0118. The first-order chi connectivity index (χ1) is 13.5. The molecule has 9 heteroatoms. The number of hydrogen-bond acceptors (Lipinski definition) is 4. The number of likely N-dealkylation sites (tertiary alicyclic amines) is 1. The summed E-state index contributed by atoms with van der Waals surface area (Å²) in [5.41, 5.74) is 2.27. The maximum Gasteiger partial charge on any atom is 0.387 e. The van der Waals surface area contributed by atoms with E-state index in [2.05, 4.69) is 14.8 Å². The summed E-state index contributed by atoms with van der Waals surface area (Å²) >= 11 is 0. The van der Waals surface area contributed by atoms with E-state index < -0.39 is 18.2 Å². The van der Waals surface area contributed by atoms with Crippen molar-refractivity contribution in [3.05, 3.63) is 42.5 Å². The topological polar surface area (TPSA) is 60.3 Å². The summed E-state index contributed by atoms with van der Waals surface area (Å²) in [6.07, 6.45) is 5.11. The highest BCUT2D eigenvalue weighted by molar-refractivity contribution is 5.83. The number of alkyl halides is 2. The molecule has 1 fully saturated rings. The number of carbonyl (C=O) groups excluding carboxylic acids is 1. The quantitative estimate of drug-likeness (QED) is 0.670. The van der Waals surface area contributed by atoms with Gasteiger partial charge in [-0.05, 0) is 36.6 Å². The Kier molecular flexibility index (Phi) is 4.89. The van der Waals surface area contributed by atoms with Gasteiger partial charge in [0.2, 0.25) is 5.91 Å². The third-order valence-electron chi connectivity index (χ3n) is 4.72. The van der Waals surface area contributed by atoms with Crippen LogP contribution in [0.2, 0.25) is 0 Å². The molecule has 0 radical (unpaired) electrons. The Hall–Kier alpha value is -3.10. The van der Waals surface area contributed by atoms with Gasteiger partial charge in [0.15, 0.2) is 11.6 Å². The second-order valence-electron chi connectivity index (χ2n) is 6.54. The van der Waals surface area contributed by atoms with Crippen molar-refractivity contribution >= 4 is 16.9 Å². The van der Waals surface area contributed by atoms with E-state index >= 15 is 0 Å². The minimum Gasteiger partial charge on any atom is -0.432 e. The molecule has 28 heavy (non-hydrogen) atoms. The van der Waals surface area contributed by atoms with Crippen molar-refractivity contribution in [3.63, 3.8) is 0 Å². The third-order valence-corrected chi connectivity index (χ3v) is 4.72. The van der Waals surface area contributed by atoms with Gasteiger partial charge in [-0.25, -0.2) is 4.39 Å². The third kappa shape index (κ3) is 3.64. The van der Waals surface area contributed by atoms with Crippen LogP contribution < -0.4 is 4.74 Å². The summed E-state index contributed by atoms with van der Waals surface area (Å²) in [5.74, 6) is -1.42. The van der Waals surface area contributed by atoms with Gasteiger partial charge in [0, 0.05) is 24.8 Å².